The average molecular weight is 293 g/mol. The number of carboxylic acid groups (broad SMARTS) is 1. The lowest BCUT2D eigenvalue weighted by Gasteiger charge is -2.18. The lowest BCUT2D eigenvalue weighted by molar-refractivity contribution is -0.140. The summed E-state index contributed by atoms with van der Waals surface area (Å²) in [4.78, 5) is 22.8. The molecule has 0 aliphatic heterocycles. The molecule has 0 spiro atoms. The van der Waals surface area contributed by atoms with E-state index < -0.39 is 17.8 Å². The second-order valence-electron chi connectivity index (χ2n) is 5.13. The summed E-state index contributed by atoms with van der Waals surface area (Å²) < 4.78 is 10.4. The highest BCUT2D eigenvalue weighted by Gasteiger charge is 2.48. The molecule has 1 saturated carbocycles. The van der Waals surface area contributed by atoms with Crippen LogP contribution in [0, 0.1) is 11.8 Å². The fraction of sp³-hybridized carbons (Fsp3) is 0.467. The van der Waals surface area contributed by atoms with Crippen LogP contribution in [0.2, 0.25) is 0 Å². The van der Waals surface area contributed by atoms with Crippen LogP contribution in [0.5, 0.6) is 11.5 Å². The van der Waals surface area contributed by atoms with Gasteiger partial charge in [0.15, 0.2) is 0 Å². The fourth-order valence-corrected chi connectivity index (χ4v) is 2.33. The summed E-state index contributed by atoms with van der Waals surface area (Å²) in [6.45, 7) is 1.83. The molecule has 2 N–H and O–H groups in total. The van der Waals surface area contributed by atoms with Gasteiger partial charge in [-0.15, -0.1) is 0 Å². The predicted molar refractivity (Wildman–Crippen MR) is 75.3 cm³/mol. The molecule has 1 aromatic rings. The van der Waals surface area contributed by atoms with Crippen LogP contribution < -0.4 is 14.8 Å². The van der Waals surface area contributed by atoms with Crippen LogP contribution in [0.4, 0.5) is 0 Å². The van der Waals surface area contributed by atoms with Gasteiger partial charge >= 0.3 is 5.97 Å². The third-order valence-corrected chi connectivity index (χ3v) is 3.71. The van der Waals surface area contributed by atoms with Crippen LogP contribution >= 0.6 is 0 Å². The van der Waals surface area contributed by atoms with Crippen molar-refractivity contribution >= 4 is 11.9 Å². The first kappa shape index (κ1) is 15.2. The van der Waals surface area contributed by atoms with Gasteiger partial charge in [-0.25, -0.2) is 0 Å². The molecule has 114 valence electrons. The molecule has 1 aliphatic rings. The first-order valence-corrected chi connectivity index (χ1v) is 6.73. The molecule has 21 heavy (non-hydrogen) atoms. The van der Waals surface area contributed by atoms with E-state index in [1.807, 2.05) is 13.0 Å². The Hall–Kier alpha value is -2.24. The number of nitrogens with one attached hydrogen (secondary N) is 1. The molecule has 3 atom stereocenters. The van der Waals surface area contributed by atoms with Gasteiger partial charge in [-0.05, 0) is 25.5 Å². The van der Waals surface area contributed by atoms with Crippen molar-refractivity contribution in [2.24, 2.45) is 11.8 Å². The molecule has 1 aromatic carbocycles. The second kappa shape index (κ2) is 6.03. The average Bonchev–Trinajstić information content (AvgIpc) is 3.27. The van der Waals surface area contributed by atoms with Crippen molar-refractivity contribution in [3.8, 4) is 11.5 Å². The van der Waals surface area contributed by atoms with Gasteiger partial charge in [-0.3, -0.25) is 9.59 Å². The van der Waals surface area contributed by atoms with E-state index in [0.717, 1.165) is 5.56 Å². The van der Waals surface area contributed by atoms with Gasteiger partial charge in [0.1, 0.15) is 11.5 Å². The zero-order chi connectivity index (χ0) is 15.6. The molecule has 0 radical (unpaired) electrons. The standard InChI is InChI=1S/C15H19NO5/c1-8(16-14(17)11-7-12(11)15(18)19)10-5-4-9(20-2)6-13(10)21-3/h4-6,8,11-12H,7H2,1-3H3,(H,16,17)(H,18,19)/t8-,11+,12-/m0/s1. The summed E-state index contributed by atoms with van der Waals surface area (Å²) in [7, 11) is 3.12. The number of carboxylic acids is 1. The maximum atomic E-state index is 12.0. The first-order chi connectivity index (χ1) is 9.97. The summed E-state index contributed by atoms with van der Waals surface area (Å²) in [5.41, 5.74) is 0.819. The highest BCUT2D eigenvalue weighted by Crippen LogP contribution is 2.39. The molecular weight excluding hydrogens is 274 g/mol. The van der Waals surface area contributed by atoms with Crippen LogP contribution in [0.25, 0.3) is 0 Å². The fourth-order valence-electron chi connectivity index (χ4n) is 2.33. The highest BCUT2D eigenvalue weighted by molar-refractivity contribution is 5.89. The SMILES string of the molecule is COc1ccc([C@H](C)NC(=O)[C@@H]2C[C@@H]2C(=O)O)c(OC)c1. The van der Waals surface area contributed by atoms with E-state index in [2.05, 4.69) is 5.32 Å². The van der Waals surface area contributed by atoms with Gasteiger partial charge in [0.05, 0.1) is 32.1 Å². The number of carbonyl (C=O) groups excluding carboxylic acids is 1. The van der Waals surface area contributed by atoms with E-state index in [1.54, 1.807) is 26.4 Å². The van der Waals surface area contributed by atoms with Crippen LogP contribution in [0.15, 0.2) is 18.2 Å². The Labute approximate surface area is 123 Å². The number of rotatable bonds is 6. The molecule has 0 heterocycles. The lowest BCUT2D eigenvalue weighted by atomic mass is 10.1. The van der Waals surface area contributed by atoms with Crippen LogP contribution in [0.3, 0.4) is 0 Å². The van der Waals surface area contributed by atoms with Crippen LogP contribution in [0.1, 0.15) is 24.9 Å². The normalized spacial score (nSPS) is 21.3. The van der Waals surface area contributed by atoms with Crippen molar-refractivity contribution in [2.75, 3.05) is 14.2 Å². The molecule has 6 heteroatoms. The van der Waals surface area contributed by atoms with E-state index in [4.69, 9.17) is 14.6 Å². The number of amides is 1. The number of aliphatic carboxylic acids is 1. The van der Waals surface area contributed by atoms with Crippen LogP contribution in [-0.2, 0) is 9.59 Å². The Bertz CT molecular complexity index is 557. The highest BCUT2D eigenvalue weighted by atomic mass is 16.5. The summed E-state index contributed by atoms with van der Waals surface area (Å²) in [6, 6.07) is 5.09. The number of carbonyl (C=O) groups is 2. The third kappa shape index (κ3) is 3.26. The molecule has 0 bridgehead atoms. The van der Waals surface area contributed by atoms with E-state index in [1.165, 1.54) is 0 Å². The Morgan fingerprint density at radius 2 is 2.00 bits per heavy atom. The third-order valence-electron chi connectivity index (χ3n) is 3.71. The number of hydrogen-bond acceptors (Lipinski definition) is 4. The number of ether oxygens (including phenoxy) is 2. The van der Waals surface area contributed by atoms with Crippen molar-refractivity contribution in [3.05, 3.63) is 23.8 Å². The number of hydrogen-bond donors (Lipinski definition) is 2. The maximum absolute atomic E-state index is 12.0. The topological polar surface area (TPSA) is 84.9 Å². The second-order valence-corrected chi connectivity index (χ2v) is 5.13. The minimum atomic E-state index is -0.912. The van der Waals surface area contributed by atoms with E-state index in [0.29, 0.717) is 17.9 Å². The van der Waals surface area contributed by atoms with Crippen molar-refractivity contribution < 1.29 is 24.2 Å². The summed E-state index contributed by atoms with van der Waals surface area (Å²) in [5.74, 6) is -0.822. The Morgan fingerprint density at radius 1 is 1.29 bits per heavy atom. The van der Waals surface area contributed by atoms with Crippen molar-refractivity contribution in [3.63, 3.8) is 0 Å². The van der Waals surface area contributed by atoms with Crippen molar-refractivity contribution in [1.29, 1.82) is 0 Å². The monoisotopic (exact) mass is 293 g/mol. The zero-order valence-corrected chi connectivity index (χ0v) is 12.3. The number of benzene rings is 1. The van der Waals surface area contributed by atoms with Gasteiger partial charge in [-0.1, -0.05) is 0 Å². The van der Waals surface area contributed by atoms with Crippen molar-refractivity contribution in [2.45, 2.75) is 19.4 Å². The minimum absolute atomic E-state index is 0.229. The summed E-state index contributed by atoms with van der Waals surface area (Å²) in [5, 5.41) is 11.7. The number of methoxy groups -OCH3 is 2. The molecule has 1 fully saturated rings. The first-order valence-electron chi connectivity index (χ1n) is 6.73. The van der Waals surface area contributed by atoms with E-state index in [-0.39, 0.29) is 11.9 Å². The van der Waals surface area contributed by atoms with E-state index in [9.17, 15) is 9.59 Å². The van der Waals surface area contributed by atoms with Gasteiger partial charge in [0.2, 0.25) is 5.91 Å². The maximum Gasteiger partial charge on any atom is 0.307 e. The van der Waals surface area contributed by atoms with Gasteiger partial charge in [-0.2, -0.15) is 0 Å². The molecule has 6 nitrogen and oxygen atoms in total. The summed E-state index contributed by atoms with van der Waals surface area (Å²) in [6.07, 6.45) is 0.410. The van der Waals surface area contributed by atoms with Crippen LogP contribution in [-0.4, -0.2) is 31.2 Å². The smallest absolute Gasteiger partial charge is 0.307 e. The van der Waals surface area contributed by atoms with Gasteiger partial charge in [0, 0.05) is 11.6 Å². The van der Waals surface area contributed by atoms with Gasteiger partial charge < -0.3 is 19.9 Å². The molecule has 1 amide bonds. The predicted octanol–water partition coefficient (Wildman–Crippen LogP) is 1.60. The molecule has 0 saturated heterocycles. The van der Waals surface area contributed by atoms with Gasteiger partial charge in [0.25, 0.3) is 0 Å². The quantitative estimate of drug-likeness (QED) is 0.832. The summed E-state index contributed by atoms with van der Waals surface area (Å²) >= 11 is 0. The largest absolute Gasteiger partial charge is 0.497 e. The molecule has 0 unspecified atom stereocenters. The molecule has 1 aliphatic carbocycles. The molecular formula is C15H19NO5. The van der Waals surface area contributed by atoms with E-state index >= 15 is 0 Å². The Morgan fingerprint density at radius 3 is 2.52 bits per heavy atom. The van der Waals surface area contributed by atoms with Crippen molar-refractivity contribution in [1.82, 2.24) is 5.32 Å². The zero-order valence-electron chi connectivity index (χ0n) is 12.3. The molecule has 2 rings (SSSR count). The lowest BCUT2D eigenvalue weighted by Crippen LogP contribution is -2.29. The Balaban J connectivity index is 2.05. The Kier molecular flexibility index (Phi) is 4.35. The molecule has 0 aromatic heterocycles. The minimum Gasteiger partial charge on any atom is -0.497 e.